The molecular weight excluding hydrogens is 204 g/mol. The van der Waals surface area contributed by atoms with Crippen molar-refractivity contribution in [3.8, 4) is 0 Å². The van der Waals surface area contributed by atoms with Crippen LogP contribution in [0, 0.1) is 6.92 Å². The lowest BCUT2D eigenvalue weighted by molar-refractivity contribution is 0.539. The first kappa shape index (κ1) is 12.5. The molecule has 1 aromatic heterocycles. The minimum atomic E-state index is 0.454. The highest BCUT2D eigenvalue weighted by Crippen LogP contribution is 2.17. The predicted molar refractivity (Wildman–Crippen MR) is 68.4 cm³/mol. The van der Waals surface area contributed by atoms with Gasteiger partial charge < -0.3 is 5.32 Å². The van der Waals surface area contributed by atoms with E-state index in [1.165, 1.54) is 17.7 Å². The summed E-state index contributed by atoms with van der Waals surface area (Å²) in [5.41, 5.74) is 2.38. The van der Waals surface area contributed by atoms with Crippen molar-refractivity contribution < 1.29 is 0 Å². The normalized spacial score (nSPS) is 12.7. The Labute approximate surface area is 96.9 Å². The molecule has 1 atom stereocenters. The van der Waals surface area contributed by atoms with Gasteiger partial charge in [-0.1, -0.05) is 13.0 Å². The first-order valence-corrected chi connectivity index (χ1v) is 6.82. The molecule has 0 bridgehead atoms. The van der Waals surface area contributed by atoms with Gasteiger partial charge >= 0.3 is 0 Å². The molecule has 2 nitrogen and oxygen atoms in total. The quantitative estimate of drug-likeness (QED) is 0.804. The fourth-order valence-corrected chi connectivity index (χ4v) is 2.03. The average molecular weight is 224 g/mol. The van der Waals surface area contributed by atoms with Gasteiger partial charge in [0, 0.05) is 17.9 Å². The molecule has 0 fully saturated rings. The van der Waals surface area contributed by atoms with Crippen molar-refractivity contribution in [1.29, 1.82) is 0 Å². The van der Waals surface area contributed by atoms with E-state index >= 15 is 0 Å². The molecule has 0 spiro atoms. The highest BCUT2D eigenvalue weighted by Gasteiger charge is 2.09. The van der Waals surface area contributed by atoms with Crippen molar-refractivity contribution >= 4 is 11.8 Å². The van der Waals surface area contributed by atoms with Gasteiger partial charge in [-0.25, -0.2) is 0 Å². The molecule has 0 aromatic carbocycles. The Bertz CT molecular complexity index is 271. The fraction of sp³-hybridized carbons (Fsp3) is 0.583. The Balaban J connectivity index is 2.65. The number of pyridine rings is 1. The lowest BCUT2D eigenvalue weighted by Crippen LogP contribution is -2.21. The molecule has 1 heterocycles. The number of hydrogen-bond donors (Lipinski definition) is 1. The molecule has 1 rings (SSSR count). The van der Waals surface area contributed by atoms with Crippen molar-refractivity contribution in [3.05, 3.63) is 29.6 Å². The molecule has 1 N–H and O–H groups in total. The van der Waals surface area contributed by atoms with Gasteiger partial charge in [-0.15, -0.1) is 0 Å². The van der Waals surface area contributed by atoms with Gasteiger partial charge in [-0.2, -0.15) is 11.8 Å². The van der Waals surface area contributed by atoms with Gasteiger partial charge in [0.1, 0.15) is 0 Å². The molecule has 84 valence electrons. The molecule has 0 saturated carbocycles. The van der Waals surface area contributed by atoms with Crippen LogP contribution in [0.15, 0.2) is 18.3 Å². The summed E-state index contributed by atoms with van der Waals surface area (Å²) in [6.07, 6.45) is 5.30. The van der Waals surface area contributed by atoms with Gasteiger partial charge in [0.2, 0.25) is 0 Å². The molecule has 0 radical (unpaired) electrons. The van der Waals surface area contributed by atoms with Gasteiger partial charge in [-0.05, 0) is 43.5 Å². The van der Waals surface area contributed by atoms with Crippen LogP contribution in [-0.2, 0) is 0 Å². The van der Waals surface area contributed by atoms with Crippen LogP contribution >= 0.6 is 11.8 Å². The largest absolute Gasteiger partial charge is 0.310 e. The monoisotopic (exact) mass is 224 g/mol. The zero-order valence-corrected chi connectivity index (χ0v) is 10.6. The molecule has 0 aliphatic heterocycles. The first-order valence-electron chi connectivity index (χ1n) is 5.42. The molecule has 0 saturated heterocycles. The van der Waals surface area contributed by atoms with Crippen molar-refractivity contribution in [1.82, 2.24) is 10.3 Å². The van der Waals surface area contributed by atoms with E-state index in [-0.39, 0.29) is 0 Å². The van der Waals surface area contributed by atoms with E-state index in [1.54, 1.807) is 0 Å². The van der Waals surface area contributed by atoms with Gasteiger partial charge in [0.25, 0.3) is 0 Å². The predicted octanol–water partition coefficient (Wildman–Crippen LogP) is 2.79. The topological polar surface area (TPSA) is 24.9 Å². The van der Waals surface area contributed by atoms with Crippen LogP contribution in [0.5, 0.6) is 0 Å². The maximum absolute atomic E-state index is 4.34. The SMILES string of the molecule is CCNC(CCSC)c1ccc(C)nc1. The number of nitrogens with one attached hydrogen (secondary N) is 1. The highest BCUT2D eigenvalue weighted by molar-refractivity contribution is 7.98. The minimum absolute atomic E-state index is 0.454. The number of aryl methyl sites for hydroxylation is 1. The molecule has 1 unspecified atom stereocenters. The third-order valence-electron chi connectivity index (χ3n) is 2.40. The summed E-state index contributed by atoms with van der Waals surface area (Å²) >= 11 is 1.89. The third kappa shape index (κ3) is 4.22. The molecule has 0 aliphatic rings. The Kier molecular flexibility index (Phi) is 5.73. The summed E-state index contributed by atoms with van der Waals surface area (Å²) in [5.74, 6) is 1.19. The minimum Gasteiger partial charge on any atom is -0.310 e. The molecule has 15 heavy (non-hydrogen) atoms. The van der Waals surface area contributed by atoms with Crippen molar-refractivity contribution in [2.75, 3.05) is 18.6 Å². The van der Waals surface area contributed by atoms with Gasteiger partial charge in [0.15, 0.2) is 0 Å². The lowest BCUT2D eigenvalue weighted by atomic mass is 10.1. The fourth-order valence-electron chi connectivity index (χ4n) is 1.55. The highest BCUT2D eigenvalue weighted by atomic mass is 32.2. The standard InChI is InChI=1S/C12H20N2S/c1-4-13-12(7-8-15-3)11-6-5-10(2)14-9-11/h5-6,9,12-13H,4,7-8H2,1-3H3. The second-order valence-electron chi connectivity index (χ2n) is 3.62. The Hall–Kier alpha value is -0.540. The third-order valence-corrected chi connectivity index (χ3v) is 3.04. The maximum atomic E-state index is 4.34. The zero-order valence-electron chi connectivity index (χ0n) is 9.79. The maximum Gasteiger partial charge on any atom is 0.0372 e. The first-order chi connectivity index (χ1) is 7.27. The van der Waals surface area contributed by atoms with E-state index in [2.05, 4.69) is 35.6 Å². The number of rotatable bonds is 6. The van der Waals surface area contributed by atoms with E-state index < -0.39 is 0 Å². The van der Waals surface area contributed by atoms with E-state index in [0.29, 0.717) is 6.04 Å². The van der Waals surface area contributed by atoms with E-state index in [9.17, 15) is 0 Å². The van der Waals surface area contributed by atoms with Crippen LogP contribution in [0.4, 0.5) is 0 Å². The second-order valence-corrected chi connectivity index (χ2v) is 4.61. The van der Waals surface area contributed by atoms with Crippen LogP contribution in [0.2, 0.25) is 0 Å². The van der Waals surface area contributed by atoms with Gasteiger partial charge in [0.05, 0.1) is 0 Å². The Morgan fingerprint density at radius 3 is 2.80 bits per heavy atom. The summed E-state index contributed by atoms with van der Waals surface area (Å²) in [4.78, 5) is 4.34. The Morgan fingerprint density at radius 2 is 2.27 bits per heavy atom. The molecule has 1 aromatic rings. The molecular formula is C12H20N2S. The smallest absolute Gasteiger partial charge is 0.0372 e. The summed E-state index contributed by atoms with van der Waals surface area (Å²) < 4.78 is 0. The summed E-state index contributed by atoms with van der Waals surface area (Å²) in [7, 11) is 0. The number of thioether (sulfide) groups is 1. The summed E-state index contributed by atoms with van der Waals surface area (Å²) in [5, 5.41) is 3.50. The van der Waals surface area contributed by atoms with Crippen LogP contribution in [0.1, 0.15) is 30.6 Å². The second kappa shape index (κ2) is 6.85. The molecule has 3 heteroatoms. The van der Waals surface area contributed by atoms with Gasteiger partial charge in [-0.3, -0.25) is 4.98 Å². The number of aromatic nitrogens is 1. The zero-order chi connectivity index (χ0) is 11.1. The van der Waals surface area contributed by atoms with Crippen molar-refractivity contribution in [2.24, 2.45) is 0 Å². The van der Waals surface area contributed by atoms with Crippen LogP contribution in [-0.4, -0.2) is 23.5 Å². The van der Waals surface area contributed by atoms with Crippen LogP contribution in [0.25, 0.3) is 0 Å². The van der Waals surface area contributed by atoms with E-state index in [4.69, 9.17) is 0 Å². The summed E-state index contributed by atoms with van der Waals surface area (Å²) in [6, 6.07) is 4.71. The van der Waals surface area contributed by atoms with Crippen LogP contribution in [0.3, 0.4) is 0 Å². The van der Waals surface area contributed by atoms with Crippen molar-refractivity contribution in [2.45, 2.75) is 26.3 Å². The summed E-state index contributed by atoms with van der Waals surface area (Å²) in [6.45, 7) is 5.18. The average Bonchev–Trinajstić information content (AvgIpc) is 2.25. The lowest BCUT2D eigenvalue weighted by Gasteiger charge is -2.17. The molecule has 0 aliphatic carbocycles. The number of hydrogen-bond acceptors (Lipinski definition) is 3. The molecule has 0 amide bonds. The van der Waals surface area contributed by atoms with Crippen molar-refractivity contribution in [3.63, 3.8) is 0 Å². The van der Waals surface area contributed by atoms with Crippen LogP contribution < -0.4 is 5.32 Å². The Morgan fingerprint density at radius 1 is 1.47 bits per heavy atom. The van der Waals surface area contributed by atoms with E-state index in [1.807, 2.05) is 24.9 Å². The number of nitrogens with zero attached hydrogens (tertiary/aromatic N) is 1. The van der Waals surface area contributed by atoms with E-state index in [0.717, 1.165) is 12.2 Å².